The Morgan fingerprint density at radius 3 is 3.00 bits per heavy atom. The number of thiophene rings is 1. The maximum Gasteiger partial charge on any atom is 0.0772 e. The molecule has 2 heterocycles. The molecule has 2 aromatic rings. The molecule has 1 aromatic carbocycles. The summed E-state index contributed by atoms with van der Waals surface area (Å²) in [6, 6.07) is 6.26. The lowest BCUT2D eigenvalue weighted by atomic mass is 9.99. The summed E-state index contributed by atoms with van der Waals surface area (Å²) in [5, 5.41) is 3.43. The normalized spacial score (nSPS) is 25.7. The number of ether oxygens (including phenoxy) is 1. The second kappa shape index (κ2) is 4.93. The van der Waals surface area contributed by atoms with E-state index in [1.54, 1.807) is 11.3 Å². The van der Waals surface area contributed by atoms with Gasteiger partial charge in [0.2, 0.25) is 0 Å². The lowest BCUT2D eigenvalue weighted by Crippen LogP contribution is -2.26. The highest BCUT2D eigenvalue weighted by molar-refractivity contribution is 9.10. The molecule has 0 radical (unpaired) electrons. The molecule has 1 aliphatic rings. The van der Waals surface area contributed by atoms with Crippen LogP contribution in [0.15, 0.2) is 28.1 Å². The minimum atomic E-state index is -0.0157. The Morgan fingerprint density at radius 2 is 2.28 bits per heavy atom. The van der Waals surface area contributed by atoms with Crippen LogP contribution in [0.5, 0.6) is 0 Å². The van der Waals surface area contributed by atoms with Crippen LogP contribution in [0.2, 0.25) is 0 Å². The van der Waals surface area contributed by atoms with E-state index in [1.807, 2.05) is 0 Å². The molecule has 18 heavy (non-hydrogen) atoms. The van der Waals surface area contributed by atoms with Crippen molar-refractivity contribution in [2.75, 3.05) is 0 Å². The first-order valence-corrected chi connectivity index (χ1v) is 7.90. The van der Waals surface area contributed by atoms with Gasteiger partial charge in [-0.05, 0) is 58.1 Å². The predicted molar refractivity (Wildman–Crippen MR) is 80.0 cm³/mol. The van der Waals surface area contributed by atoms with Gasteiger partial charge < -0.3 is 10.5 Å². The summed E-state index contributed by atoms with van der Waals surface area (Å²) in [6.45, 7) is 2.12. The van der Waals surface area contributed by atoms with Crippen LogP contribution in [0.1, 0.15) is 31.4 Å². The van der Waals surface area contributed by atoms with Crippen LogP contribution in [-0.2, 0) is 4.74 Å². The van der Waals surface area contributed by atoms with Crippen molar-refractivity contribution in [2.45, 2.75) is 38.0 Å². The van der Waals surface area contributed by atoms with E-state index in [1.165, 1.54) is 15.6 Å². The van der Waals surface area contributed by atoms with Crippen LogP contribution in [0.25, 0.3) is 10.1 Å². The maximum absolute atomic E-state index is 6.39. The fourth-order valence-corrected chi connectivity index (χ4v) is 4.27. The summed E-state index contributed by atoms with van der Waals surface area (Å²) in [6.07, 6.45) is 2.69. The Hall–Kier alpha value is -0.420. The van der Waals surface area contributed by atoms with Crippen LogP contribution in [0.3, 0.4) is 0 Å². The highest BCUT2D eigenvalue weighted by atomic mass is 79.9. The minimum absolute atomic E-state index is 0.0157. The molecule has 0 spiro atoms. The Labute approximate surface area is 119 Å². The number of halogens is 1. The number of benzene rings is 1. The van der Waals surface area contributed by atoms with Gasteiger partial charge in [0, 0.05) is 9.17 Å². The van der Waals surface area contributed by atoms with Crippen molar-refractivity contribution >= 4 is 37.4 Å². The van der Waals surface area contributed by atoms with Gasteiger partial charge in [-0.25, -0.2) is 0 Å². The van der Waals surface area contributed by atoms with Crippen molar-refractivity contribution in [3.05, 3.63) is 33.6 Å². The van der Waals surface area contributed by atoms with Gasteiger partial charge >= 0.3 is 0 Å². The lowest BCUT2D eigenvalue weighted by Gasteiger charge is -2.19. The molecule has 2 N–H and O–H groups in total. The van der Waals surface area contributed by atoms with E-state index in [9.17, 15) is 0 Å². The lowest BCUT2D eigenvalue weighted by molar-refractivity contribution is 0.0404. The van der Waals surface area contributed by atoms with Gasteiger partial charge in [0.05, 0.1) is 18.2 Å². The third kappa shape index (κ3) is 2.11. The zero-order valence-corrected chi connectivity index (χ0v) is 12.6. The van der Waals surface area contributed by atoms with E-state index in [4.69, 9.17) is 10.5 Å². The maximum atomic E-state index is 6.39. The van der Waals surface area contributed by atoms with Gasteiger partial charge in [-0.2, -0.15) is 0 Å². The summed E-state index contributed by atoms with van der Waals surface area (Å²) in [5.41, 5.74) is 7.61. The van der Waals surface area contributed by atoms with Gasteiger partial charge in [-0.15, -0.1) is 11.3 Å². The molecule has 1 fully saturated rings. The molecule has 3 unspecified atom stereocenters. The highest BCUT2D eigenvalue weighted by Gasteiger charge is 2.29. The number of rotatable bonds is 2. The second-order valence-electron chi connectivity index (χ2n) is 4.90. The highest BCUT2D eigenvalue weighted by Crippen LogP contribution is 2.37. The average molecular weight is 326 g/mol. The molecule has 3 rings (SSSR count). The zero-order chi connectivity index (χ0) is 12.7. The summed E-state index contributed by atoms with van der Waals surface area (Å²) >= 11 is 5.34. The number of nitrogens with two attached hydrogens (primary N) is 1. The molecule has 1 aromatic heterocycles. The van der Waals surface area contributed by atoms with Crippen molar-refractivity contribution in [3.63, 3.8) is 0 Å². The first kappa shape index (κ1) is 12.6. The molecule has 3 atom stereocenters. The fraction of sp³-hybridized carbons (Fsp3) is 0.429. The molecular formula is C14H16BrNOS. The summed E-state index contributed by atoms with van der Waals surface area (Å²) in [5.74, 6) is 0. The number of fused-ring (bicyclic) bond motifs is 1. The van der Waals surface area contributed by atoms with Crippen LogP contribution >= 0.6 is 27.3 Å². The van der Waals surface area contributed by atoms with E-state index in [0.29, 0.717) is 6.10 Å². The Bertz CT molecular complexity index is 568. The van der Waals surface area contributed by atoms with Gasteiger partial charge in [-0.1, -0.05) is 12.1 Å². The van der Waals surface area contributed by atoms with Crippen LogP contribution in [-0.4, -0.2) is 12.2 Å². The second-order valence-corrected chi connectivity index (χ2v) is 6.63. The van der Waals surface area contributed by atoms with E-state index in [2.05, 4.69) is 46.4 Å². The first-order valence-electron chi connectivity index (χ1n) is 6.23. The Morgan fingerprint density at radius 1 is 1.44 bits per heavy atom. The predicted octanol–water partition coefficient (Wildman–Crippen LogP) is 4.23. The molecule has 0 amide bonds. The number of hydrogen-bond acceptors (Lipinski definition) is 3. The van der Waals surface area contributed by atoms with Crippen molar-refractivity contribution in [1.29, 1.82) is 0 Å². The molecule has 1 aliphatic heterocycles. The van der Waals surface area contributed by atoms with Crippen LogP contribution in [0, 0.1) is 0 Å². The molecule has 2 nitrogen and oxygen atoms in total. The molecule has 0 aliphatic carbocycles. The molecule has 96 valence electrons. The van der Waals surface area contributed by atoms with Crippen LogP contribution < -0.4 is 5.73 Å². The average Bonchev–Trinajstić information content (AvgIpc) is 2.95. The summed E-state index contributed by atoms with van der Waals surface area (Å²) < 4.78 is 8.31. The number of hydrogen-bond donors (Lipinski definition) is 1. The fourth-order valence-electron chi connectivity index (χ4n) is 2.60. The van der Waals surface area contributed by atoms with Crippen molar-refractivity contribution in [2.24, 2.45) is 5.73 Å². The topological polar surface area (TPSA) is 35.2 Å². The Balaban J connectivity index is 1.97. The van der Waals surface area contributed by atoms with E-state index in [-0.39, 0.29) is 12.1 Å². The van der Waals surface area contributed by atoms with Crippen molar-refractivity contribution in [1.82, 2.24) is 0 Å². The molecule has 1 saturated heterocycles. The quantitative estimate of drug-likeness (QED) is 0.896. The SMILES string of the molecule is CC1CCC(C(N)c2csc3c(Br)cccc23)O1. The standard InChI is InChI=1S/C14H16BrNOS/c1-8-5-6-12(17-8)13(16)10-7-18-14-9(10)3-2-4-11(14)15/h2-4,7-8,12-13H,5-6,16H2,1H3. The van der Waals surface area contributed by atoms with Crippen molar-refractivity contribution < 1.29 is 4.74 Å². The monoisotopic (exact) mass is 325 g/mol. The molecule has 4 heteroatoms. The van der Waals surface area contributed by atoms with E-state index in [0.717, 1.165) is 17.3 Å². The molecular weight excluding hydrogens is 310 g/mol. The third-order valence-corrected chi connectivity index (χ3v) is 5.58. The molecule has 0 bridgehead atoms. The zero-order valence-electron chi connectivity index (χ0n) is 10.2. The summed E-state index contributed by atoms with van der Waals surface area (Å²) in [7, 11) is 0. The minimum Gasteiger partial charge on any atom is -0.373 e. The smallest absolute Gasteiger partial charge is 0.0772 e. The largest absolute Gasteiger partial charge is 0.373 e. The first-order chi connectivity index (χ1) is 8.66. The van der Waals surface area contributed by atoms with Gasteiger partial charge in [0.1, 0.15) is 0 Å². The van der Waals surface area contributed by atoms with Gasteiger partial charge in [0.15, 0.2) is 0 Å². The van der Waals surface area contributed by atoms with Crippen molar-refractivity contribution in [3.8, 4) is 0 Å². The summed E-state index contributed by atoms with van der Waals surface area (Å²) in [4.78, 5) is 0. The Kier molecular flexibility index (Phi) is 3.45. The van der Waals surface area contributed by atoms with Gasteiger partial charge in [0.25, 0.3) is 0 Å². The van der Waals surface area contributed by atoms with Crippen LogP contribution in [0.4, 0.5) is 0 Å². The van der Waals surface area contributed by atoms with E-state index < -0.39 is 0 Å². The molecule has 0 saturated carbocycles. The van der Waals surface area contributed by atoms with Gasteiger partial charge in [-0.3, -0.25) is 0 Å². The third-order valence-electron chi connectivity index (χ3n) is 3.61. The van der Waals surface area contributed by atoms with E-state index >= 15 is 0 Å².